The van der Waals surface area contributed by atoms with Crippen LogP contribution in [0.4, 0.5) is 5.69 Å². The highest BCUT2D eigenvalue weighted by atomic mass is 32.2. The van der Waals surface area contributed by atoms with E-state index in [1.54, 1.807) is 0 Å². The molecule has 94 valence electrons. The van der Waals surface area contributed by atoms with Crippen molar-refractivity contribution in [2.24, 2.45) is 0 Å². The third-order valence-corrected chi connectivity index (χ3v) is 4.18. The number of nitrogens with zero attached hydrogens (tertiary/aromatic N) is 2. The Morgan fingerprint density at radius 1 is 1.59 bits per heavy atom. The molecule has 1 saturated heterocycles. The van der Waals surface area contributed by atoms with Crippen LogP contribution in [0.2, 0.25) is 0 Å². The monoisotopic (exact) mass is 251 g/mol. The Labute approximate surface area is 108 Å². The maximum Gasteiger partial charge on any atom is 0.0446 e. The minimum atomic E-state index is 0.722. The average molecular weight is 251 g/mol. The first-order valence-corrected chi connectivity index (χ1v) is 7.22. The van der Waals surface area contributed by atoms with E-state index >= 15 is 0 Å². The van der Waals surface area contributed by atoms with E-state index in [-0.39, 0.29) is 0 Å². The first-order valence-electron chi connectivity index (χ1n) is 6.17. The molecule has 0 saturated carbocycles. The minimum absolute atomic E-state index is 0.722. The molecule has 3 nitrogen and oxygen atoms in total. The molecular weight excluding hydrogens is 230 g/mol. The quantitative estimate of drug-likeness (QED) is 0.890. The van der Waals surface area contributed by atoms with Crippen LogP contribution in [0.1, 0.15) is 18.2 Å². The second kappa shape index (κ2) is 5.74. The molecule has 0 aliphatic carbocycles. The third-order valence-electron chi connectivity index (χ3n) is 3.05. The Morgan fingerprint density at radius 2 is 2.41 bits per heavy atom. The smallest absolute Gasteiger partial charge is 0.0446 e. The Bertz CT molecular complexity index is 381. The van der Waals surface area contributed by atoms with Crippen molar-refractivity contribution in [3.63, 3.8) is 0 Å². The van der Waals surface area contributed by atoms with Gasteiger partial charge in [0, 0.05) is 53.8 Å². The maximum atomic E-state index is 4.40. The molecule has 1 aromatic rings. The number of anilines is 1. The molecule has 1 aromatic heterocycles. The fourth-order valence-electron chi connectivity index (χ4n) is 2.23. The van der Waals surface area contributed by atoms with Crippen molar-refractivity contribution in [3.05, 3.63) is 23.5 Å². The highest BCUT2D eigenvalue weighted by Crippen LogP contribution is 2.26. The van der Waals surface area contributed by atoms with Crippen LogP contribution in [0.25, 0.3) is 0 Å². The maximum absolute atomic E-state index is 4.40. The number of rotatable bonds is 3. The van der Waals surface area contributed by atoms with E-state index in [2.05, 4.69) is 46.9 Å². The number of thioether (sulfide) groups is 1. The lowest BCUT2D eigenvalue weighted by atomic mass is 10.1. The molecule has 1 N–H and O–H groups in total. The predicted octanol–water partition coefficient (Wildman–Crippen LogP) is 2.05. The van der Waals surface area contributed by atoms with Gasteiger partial charge < -0.3 is 10.2 Å². The molecule has 2 rings (SSSR count). The van der Waals surface area contributed by atoms with Crippen molar-refractivity contribution in [2.45, 2.75) is 25.6 Å². The lowest BCUT2D eigenvalue weighted by Crippen LogP contribution is -2.37. The Kier molecular flexibility index (Phi) is 4.29. The minimum Gasteiger partial charge on any atom is -0.369 e. The summed E-state index contributed by atoms with van der Waals surface area (Å²) in [4.78, 5) is 6.90. The van der Waals surface area contributed by atoms with Gasteiger partial charge in [-0.2, -0.15) is 11.8 Å². The van der Waals surface area contributed by atoms with Gasteiger partial charge in [-0.1, -0.05) is 6.92 Å². The van der Waals surface area contributed by atoms with Crippen LogP contribution in [0.5, 0.6) is 0 Å². The van der Waals surface area contributed by atoms with Crippen molar-refractivity contribution in [1.29, 1.82) is 0 Å². The molecule has 0 amide bonds. The highest BCUT2D eigenvalue weighted by Gasteiger charge is 2.19. The van der Waals surface area contributed by atoms with Crippen molar-refractivity contribution in [3.8, 4) is 0 Å². The van der Waals surface area contributed by atoms with Crippen LogP contribution in [0.15, 0.2) is 12.3 Å². The number of aromatic nitrogens is 1. The van der Waals surface area contributed by atoms with Crippen molar-refractivity contribution in [1.82, 2.24) is 10.3 Å². The van der Waals surface area contributed by atoms with Crippen molar-refractivity contribution >= 4 is 17.4 Å². The molecule has 1 aliphatic rings. The number of pyridine rings is 1. The Morgan fingerprint density at radius 3 is 3.12 bits per heavy atom. The topological polar surface area (TPSA) is 28.2 Å². The second-order valence-corrected chi connectivity index (χ2v) is 6.16. The van der Waals surface area contributed by atoms with Gasteiger partial charge in [-0.05, 0) is 20.0 Å². The van der Waals surface area contributed by atoms with Crippen LogP contribution < -0.4 is 10.2 Å². The van der Waals surface area contributed by atoms with Gasteiger partial charge >= 0.3 is 0 Å². The van der Waals surface area contributed by atoms with Crippen LogP contribution in [-0.4, -0.2) is 36.1 Å². The molecule has 1 fully saturated rings. The standard InChI is InChI=1S/C13H21N3S/c1-10-6-13(12(7-14-3)8-15-10)16-4-5-17-11(2)9-16/h6,8,11,14H,4-5,7,9H2,1-3H3. The second-order valence-electron chi connectivity index (χ2n) is 4.61. The van der Waals surface area contributed by atoms with Gasteiger partial charge in [-0.15, -0.1) is 0 Å². The van der Waals surface area contributed by atoms with E-state index in [9.17, 15) is 0 Å². The van der Waals surface area contributed by atoms with E-state index in [1.165, 1.54) is 17.0 Å². The van der Waals surface area contributed by atoms with Gasteiger partial charge in [0.25, 0.3) is 0 Å². The van der Waals surface area contributed by atoms with Gasteiger partial charge in [-0.3, -0.25) is 4.98 Å². The molecule has 1 unspecified atom stereocenters. The Balaban J connectivity index is 2.25. The first-order chi connectivity index (χ1) is 8.20. The molecule has 0 bridgehead atoms. The van der Waals surface area contributed by atoms with Crippen LogP contribution in [-0.2, 0) is 6.54 Å². The normalized spacial score (nSPS) is 20.6. The fourth-order valence-corrected chi connectivity index (χ4v) is 3.25. The summed E-state index contributed by atoms with van der Waals surface area (Å²) in [5.41, 5.74) is 3.77. The number of nitrogens with one attached hydrogen (secondary N) is 1. The highest BCUT2D eigenvalue weighted by molar-refractivity contribution is 8.00. The summed E-state index contributed by atoms with van der Waals surface area (Å²) in [6.07, 6.45) is 2.01. The molecule has 1 aliphatic heterocycles. The molecule has 0 radical (unpaired) electrons. The average Bonchev–Trinajstić information content (AvgIpc) is 2.32. The van der Waals surface area contributed by atoms with E-state index in [0.29, 0.717) is 0 Å². The molecule has 0 aromatic carbocycles. The third kappa shape index (κ3) is 3.13. The van der Waals surface area contributed by atoms with Gasteiger partial charge in [0.05, 0.1) is 0 Å². The lowest BCUT2D eigenvalue weighted by Gasteiger charge is -2.33. The zero-order valence-electron chi connectivity index (χ0n) is 10.9. The van der Waals surface area contributed by atoms with Gasteiger partial charge in [0.2, 0.25) is 0 Å². The van der Waals surface area contributed by atoms with Crippen molar-refractivity contribution in [2.75, 3.05) is 30.8 Å². The van der Waals surface area contributed by atoms with Crippen LogP contribution >= 0.6 is 11.8 Å². The fraction of sp³-hybridized carbons (Fsp3) is 0.615. The van der Waals surface area contributed by atoms with Gasteiger partial charge in [0.15, 0.2) is 0 Å². The molecule has 0 spiro atoms. The number of hydrogen-bond acceptors (Lipinski definition) is 4. The molecular formula is C13H21N3S. The van der Waals surface area contributed by atoms with Gasteiger partial charge in [-0.25, -0.2) is 0 Å². The summed E-state index contributed by atoms with van der Waals surface area (Å²) in [5.74, 6) is 1.22. The summed E-state index contributed by atoms with van der Waals surface area (Å²) in [6.45, 7) is 7.55. The molecule has 17 heavy (non-hydrogen) atoms. The van der Waals surface area contributed by atoms with E-state index in [1.807, 2.05) is 13.2 Å². The van der Waals surface area contributed by atoms with Crippen LogP contribution in [0.3, 0.4) is 0 Å². The van der Waals surface area contributed by atoms with Crippen molar-refractivity contribution < 1.29 is 0 Å². The zero-order chi connectivity index (χ0) is 12.3. The lowest BCUT2D eigenvalue weighted by molar-refractivity contribution is 0.756. The number of aryl methyl sites for hydroxylation is 1. The molecule has 4 heteroatoms. The largest absolute Gasteiger partial charge is 0.369 e. The predicted molar refractivity (Wildman–Crippen MR) is 75.9 cm³/mol. The summed E-state index contributed by atoms with van der Waals surface area (Å²) < 4.78 is 0. The SMILES string of the molecule is CNCc1cnc(C)cc1N1CCSC(C)C1. The Hall–Kier alpha value is -0.740. The molecule has 1 atom stereocenters. The summed E-state index contributed by atoms with van der Waals surface area (Å²) in [7, 11) is 1.98. The first kappa shape index (κ1) is 12.7. The van der Waals surface area contributed by atoms with Gasteiger partial charge in [0.1, 0.15) is 0 Å². The summed E-state index contributed by atoms with van der Waals surface area (Å²) in [5, 5.41) is 3.94. The number of hydrogen-bond donors (Lipinski definition) is 1. The molecule has 2 heterocycles. The van der Waals surface area contributed by atoms with E-state index in [0.717, 1.165) is 30.6 Å². The van der Waals surface area contributed by atoms with E-state index < -0.39 is 0 Å². The zero-order valence-corrected chi connectivity index (χ0v) is 11.7. The van der Waals surface area contributed by atoms with Crippen LogP contribution in [0, 0.1) is 6.92 Å². The summed E-state index contributed by atoms with van der Waals surface area (Å²) >= 11 is 2.07. The van der Waals surface area contributed by atoms with E-state index in [4.69, 9.17) is 0 Å². The summed E-state index contributed by atoms with van der Waals surface area (Å²) in [6, 6.07) is 2.22.